The second kappa shape index (κ2) is 8.82. The monoisotopic (exact) mass is 400 g/mol. The van der Waals surface area contributed by atoms with Gasteiger partial charge < -0.3 is 14.5 Å². The fraction of sp³-hybridized carbons (Fsp3) is 0.200. The second-order valence-electron chi connectivity index (χ2n) is 7.34. The topological polar surface area (TPSA) is 64.4 Å². The smallest absolute Gasteiger partial charge is 0.228 e. The highest BCUT2D eigenvalue weighted by Gasteiger charge is 2.16. The lowest BCUT2D eigenvalue weighted by molar-refractivity contribution is -0.119. The minimum atomic E-state index is -0.0309. The van der Waals surface area contributed by atoms with E-state index in [2.05, 4.69) is 41.5 Å². The quantitative estimate of drug-likeness (QED) is 0.636. The molecule has 3 aromatic rings. The lowest BCUT2D eigenvalue weighted by Gasteiger charge is -2.19. The summed E-state index contributed by atoms with van der Waals surface area (Å²) in [5.74, 6) is 1.63. The largest absolute Gasteiger partial charge is 0.497 e. The van der Waals surface area contributed by atoms with E-state index in [1.807, 2.05) is 36.4 Å². The number of methoxy groups -OCH3 is 1. The third-order valence-electron chi connectivity index (χ3n) is 5.27. The van der Waals surface area contributed by atoms with Crippen LogP contribution >= 0.6 is 0 Å². The highest BCUT2D eigenvalue weighted by atomic mass is 16.5. The predicted molar refractivity (Wildman–Crippen MR) is 116 cm³/mol. The maximum absolute atomic E-state index is 12.4. The highest BCUT2D eigenvalue weighted by molar-refractivity contribution is 5.80. The van der Waals surface area contributed by atoms with Gasteiger partial charge >= 0.3 is 0 Å². The Kier molecular flexibility index (Phi) is 5.80. The minimum absolute atomic E-state index is 0.0309. The fourth-order valence-corrected chi connectivity index (χ4v) is 3.62. The molecular weight excluding hydrogens is 376 g/mol. The molecule has 1 aliphatic rings. The van der Waals surface area contributed by atoms with Gasteiger partial charge in [-0.25, -0.2) is 4.98 Å². The molecule has 5 heteroatoms. The SMILES string of the molecule is COc1ccc(CC(=O)NC2=CCC(c3cc(-c4ncco4)ccc3C)C=C2)cc1. The Hall–Kier alpha value is -3.60. The van der Waals surface area contributed by atoms with Gasteiger partial charge in [0.2, 0.25) is 11.8 Å². The van der Waals surface area contributed by atoms with E-state index in [9.17, 15) is 4.79 Å². The van der Waals surface area contributed by atoms with Crippen molar-refractivity contribution in [3.05, 3.63) is 95.5 Å². The van der Waals surface area contributed by atoms with Crippen molar-refractivity contribution < 1.29 is 13.9 Å². The molecule has 1 N–H and O–H groups in total. The Bertz CT molecular complexity index is 1080. The molecule has 4 rings (SSSR count). The molecule has 2 aromatic carbocycles. The van der Waals surface area contributed by atoms with E-state index in [0.717, 1.165) is 29.0 Å². The third-order valence-corrected chi connectivity index (χ3v) is 5.27. The number of allylic oxidation sites excluding steroid dienone is 3. The molecule has 1 aromatic heterocycles. The van der Waals surface area contributed by atoms with Crippen molar-refractivity contribution >= 4 is 5.91 Å². The first-order valence-corrected chi connectivity index (χ1v) is 9.94. The first-order chi connectivity index (χ1) is 14.6. The van der Waals surface area contributed by atoms with Crippen LogP contribution in [-0.2, 0) is 11.2 Å². The average molecular weight is 400 g/mol. The molecule has 0 spiro atoms. The number of nitrogens with one attached hydrogen (secondary N) is 1. The van der Waals surface area contributed by atoms with Gasteiger partial charge in [0.25, 0.3) is 0 Å². The van der Waals surface area contributed by atoms with Crippen molar-refractivity contribution in [2.45, 2.75) is 25.7 Å². The zero-order valence-electron chi connectivity index (χ0n) is 17.1. The molecule has 1 heterocycles. The Morgan fingerprint density at radius 3 is 2.73 bits per heavy atom. The highest BCUT2D eigenvalue weighted by Crippen LogP contribution is 2.31. The van der Waals surface area contributed by atoms with Gasteiger partial charge in [-0.3, -0.25) is 4.79 Å². The number of carbonyl (C=O) groups excluding carboxylic acids is 1. The van der Waals surface area contributed by atoms with Gasteiger partial charge in [0.15, 0.2) is 0 Å². The number of amides is 1. The van der Waals surface area contributed by atoms with Crippen LogP contribution in [0.2, 0.25) is 0 Å². The summed E-state index contributed by atoms with van der Waals surface area (Å²) in [5.41, 5.74) is 5.22. The van der Waals surface area contributed by atoms with Crippen molar-refractivity contribution in [3.63, 3.8) is 0 Å². The van der Waals surface area contributed by atoms with Crippen LogP contribution in [0.5, 0.6) is 5.75 Å². The van der Waals surface area contributed by atoms with Crippen molar-refractivity contribution in [2.24, 2.45) is 0 Å². The van der Waals surface area contributed by atoms with Gasteiger partial charge in [0.1, 0.15) is 12.0 Å². The lowest BCUT2D eigenvalue weighted by Crippen LogP contribution is -2.24. The predicted octanol–water partition coefficient (Wildman–Crippen LogP) is 4.94. The molecule has 0 aliphatic heterocycles. The lowest BCUT2D eigenvalue weighted by atomic mass is 9.87. The molecule has 1 atom stereocenters. The van der Waals surface area contributed by atoms with Crippen molar-refractivity contribution in [1.29, 1.82) is 0 Å². The van der Waals surface area contributed by atoms with Crippen LogP contribution in [0.3, 0.4) is 0 Å². The first-order valence-electron chi connectivity index (χ1n) is 9.94. The maximum Gasteiger partial charge on any atom is 0.228 e. The van der Waals surface area contributed by atoms with Crippen molar-refractivity contribution in [1.82, 2.24) is 10.3 Å². The zero-order valence-corrected chi connectivity index (χ0v) is 17.1. The number of aryl methyl sites for hydroxylation is 1. The van der Waals surface area contributed by atoms with Crippen molar-refractivity contribution in [2.75, 3.05) is 7.11 Å². The van der Waals surface area contributed by atoms with Gasteiger partial charge in [-0.05, 0) is 60.4 Å². The molecule has 1 aliphatic carbocycles. The number of ether oxygens (including phenoxy) is 1. The van der Waals surface area contributed by atoms with Crippen LogP contribution in [-0.4, -0.2) is 18.0 Å². The first kappa shape index (κ1) is 19.7. The molecule has 0 saturated heterocycles. The molecular formula is C25H24N2O3. The van der Waals surface area contributed by atoms with E-state index >= 15 is 0 Å². The number of benzene rings is 2. The minimum Gasteiger partial charge on any atom is -0.497 e. The molecule has 0 bridgehead atoms. The van der Waals surface area contributed by atoms with Crippen LogP contribution < -0.4 is 10.1 Å². The van der Waals surface area contributed by atoms with Crippen LogP contribution in [0.1, 0.15) is 29.0 Å². The van der Waals surface area contributed by atoms with Crippen LogP contribution in [0.25, 0.3) is 11.5 Å². The maximum atomic E-state index is 12.4. The number of rotatable bonds is 6. The second-order valence-corrected chi connectivity index (χ2v) is 7.34. The summed E-state index contributed by atoms with van der Waals surface area (Å²) >= 11 is 0. The summed E-state index contributed by atoms with van der Waals surface area (Å²) in [6.07, 6.45) is 10.6. The summed E-state index contributed by atoms with van der Waals surface area (Å²) in [5, 5.41) is 3.00. The van der Waals surface area contributed by atoms with E-state index in [1.165, 1.54) is 11.1 Å². The number of hydrogen-bond donors (Lipinski definition) is 1. The Morgan fingerprint density at radius 2 is 2.07 bits per heavy atom. The molecule has 0 fully saturated rings. The molecule has 0 saturated carbocycles. The Balaban J connectivity index is 1.39. The molecule has 1 amide bonds. The van der Waals surface area contributed by atoms with E-state index in [0.29, 0.717) is 12.3 Å². The summed E-state index contributed by atoms with van der Waals surface area (Å²) in [7, 11) is 1.63. The van der Waals surface area contributed by atoms with Gasteiger partial charge in [-0.1, -0.05) is 30.4 Å². The summed E-state index contributed by atoms with van der Waals surface area (Å²) < 4.78 is 10.6. The third kappa shape index (κ3) is 4.51. The summed E-state index contributed by atoms with van der Waals surface area (Å²) in [6.45, 7) is 2.11. The van der Waals surface area contributed by atoms with Gasteiger partial charge in [0.05, 0.1) is 19.7 Å². The van der Waals surface area contributed by atoms with Gasteiger partial charge in [0, 0.05) is 17.2 Å². The zero-order chi connectivity index (χ0) is 20.9. The van der Waals surface area contributed by atoms with Crippen molar-refractivity contribution in [3.8, 4) is 17.2 Å². The van der Waals surface area contributed by atoms with E-state index in [4.69, 9.17) is 9.15 Å². The normalized spacial score (nSPS) is 15.5. The van der Waals surface area contributed by atoms with Crippen LogP contribution in [0, 0.1) is 6.92 Å². The summed E-state index contributed by atoms with van der Waals surface area (Å²) in [4.78, 5) is 16.6. The summed E-state index contributed by atoms with van der Waals surface area (Å²) in [6, 6.07) is 13.8. The molecule has 30 heavy (non-hydrogen) atoms. The molecule has 5 nitrogen and oxygen atoms in total. The Morgan fingerprint density at radius 1 is 1.23 bits per heavy atom. The molecule has 0 radical (unpaired) electrons. The fourth-order valence-electron chi connectivity index (χ4n) is 3.62. The number of nitrogens with zero attached hydrogens (tertiary/aromatic N) is 1. The standard InChI is InChI=1S/C25H24N2O3/c1-17-3-6-20(25-26-13-14-30-25)16-23(17)19-7-9-21(10-8-19)27-24(28)15-18-4-11-22(29-2)12-5-18/h3-7,9-14,16,19H,8,15H2,1-2H3,(H,27,28). The van der Waals surface area contributed by atoms with Crippen LogP contribution in [0.4, 0.5) is 0 Å². The number of oxazole rings is 1. The average Bonchev–Trinajstić information content (AvgIpc) is 3.30. The van der Waals surface area contributed by atoms with E-state index in [-0.39, 0.29) is 11.8 Å². The number of hydrogen-bond acceptors (Lipinski definition) is 4. The van der Waals surface area contributed by atoms with Gasteiger partial charge in [-0.2, -0.15) is 0 Å². The number of aromatic nitrogens is 1. The van der Waals surface area contributed by atoms with Crippen LogP contribution in [0.15, 0.2) is 83.3 Å². The number of carbonyl (C=O) groups is 1. The molecule has 152 valence electrons. The van der Waals surface area contributed by atoms with E-state index in [1.54, 1.807) is 19.6 Å². The Labute approximate surface area is 176 Å². The van der Waals surface area contributed by atoms with E-state index < -0.39 is 0 Å². The molecule has 1 unspecified atom stereocenters. The van der Waals surface area contributed by atoms with Gasteiger partial charge in [-0.15, -0.1) is 0 Å².